The SMILES string of the molecule is O=C(NCc1ccc(Cn2ccnc2)cc1)c1n[nH]c2c1CNCC2. The minimum Gasteiger partial charge on any atom is -0.347 e. The fraction of sp³-hybridized carbons (Fsp3) is 0.278. The van der Waals surface area contributed by atoms with Gasteiger partial charge in [0.25, 0.3) is 5.91 Å². The number of imidazole rings is 1. The lowest BCUT2D eigenvalue weighted by atomic mass is 10.1. The van der Waals surface area contributed by atoms with Gasteiger partial charge >= 0.3 is 0 Å². The van der Waals surface area contributed by atoms with Gasteiger partial charge in [0.05, 0.1) is 6.33 Å². The molecule has 4 rings (SSSR count). The van der Waals surface area contributed by atoms with E-state index in [1.807, 2.05) is 22.9 Å². The second-order valence-corrected chi connectivity index (χ2v) is 6.19. The van der Waals surface area contributed by atoms with Crippen LogP contribution in [0.5, 0.6) is 0 Å². The molecule has 1 aromatic carbocycles. The molecule has 7 nitrogen and oxygen atoms in total. The molecule has 0 radical (unpaired) electrons. The van der Waals surface area contributed by atoms with Crippen LogP contribution in [0.2, 0.25) is 0 Å². The Balaban J connectivity index is 1.36. The van der Waals surface area contributed by atoms with E-state index in [4.69, 9.17) is 0 Å². The molecule has 0 aliphatic carbocycles. The first-order valence-electron chi connectivity index (χ1n) is 8.38. The van der Waals surface area contributed by atoms with Crippen LogP contribution in [0.1, 0.15) is 32.9 Å². The summed E-state index contributed by atoms with van der Waals surface area (Å²) in [5.41, 5.74) is 4.80. The molecule has 0 spiro atoms. The predicted octanol–water partition coefficient (Wildman–Crippen LogP) is 1.23. The Morgan fingerprint density at radius 3 is 2.88 bits per heavy atom. The zero-order chi connectivity index (χ0) is 17.1. The summed E-state index contributed by atoms with van der Waals surface area (Å²) in [5.74, 6) is -0.135. The third-order valence-electron chi connectivity index (χ3n) is 4.42. The van der Waals surface area contributed by atoms with Gasteiger partial charge in [0.2, 0.25) is 0 Å². The number of rotatable bonds is 5. The number of H-pyrrole nitrogens is 1. The fourth-order valence-electron chi connectivity index (χ4n) is 3.03. The largest absolute Gasteiger partial charge is 0.347 e. The summed E-state index contributed by atoms with van der Waals surface area (Å²) in [4.78, 5) is 16.4. The molecule has 2 aromatic heterocycles. The minimum atomic E-state index is -0.135. The maximum Gasteiger partial charge on any atom is 0.272 e. The van der Waals surface area contributed by atoms with E-state index in [9.17, 15) is 4.79 Å². The smallest absolute Gasteiger partial charge is 0.272 e. The predicted molar refractivity (Wildman–Crippen MR) is 92.9 cm³/mol. The van der Waals surface area contributed by atoms with Crippen molar-refractivity contribution >= 4 is 5.91 Å². The number of nitrogens with one attached hydrogen (secondary N) is 3. The van der Waals surface area contributed by atoms with Gasteiger partial charge in [-0.05, 0) is 11.1 Å². The van der Waals surface area contributed by atoms with E-state index in [1.54, 1.807) is 12.5 Å². The van der Waals surface area contributed by atoms with Crippen molar-refractivity contribution in [1.29, 1.82) is 0 Å². The molecule has 25 heavy (non-hydrogen) atoms. The lowest BCUT2D eigenvalue weighted by Gasteiger charge is -2.13. The van der Waals surface area contributed by atoms with Gasteiger partial charge in [-0.1, -0.05) is 24.3 Å². The maximum absolute atomic E-state index is 12.4. The van der Waals surface area contributed by atoms with E-state index < -0.39 is 0 Å². The van der Waals surface area contributed by atoms with E-state index in [2.05, 4.69) is 37.9 Å². The fourth-order valence-corrected chi connectivity index (χ4v) is 3.03. The van der Waals surface area contributed by atoms with E-state index in [1.165, 1.54) is 5.56 Å². The van der Waals surface area contributed by atoms with Crippen LogP contribution in [0.3, 0.4) is 0 Å². The van der Waals surface area contributed by atoms with Crippen molar-refractivity contribution in [3.8, 4) is 0 Å². The number of carbonyl (C=O) groups excluding carboxylic acids is 1. The lowest BCUT2D eigenvalue weighted by molar-refractivity contribution is 0.0944. The Morgan fingerprint density at radius 2 is 2.08 bits per heavy atom. The highest BCUT2D eigenvalue weighted by Gasteiger charge is 2.21. The lowest BCUT2D eigenvalue weighted by Crippen LogP contribution is -2.28. The van der Waals surface area contributed by atoms with Crippen molar-refractivity contribution < 1.29 is 4.79 Å². The quantitative estimate of drug-likeness (QED) is 0.654. The van der Waals surface area contributed by atoms with Crippen LogP contribution < -0.4 is 10.6 Å². The number of amides is 1. The van der Waals surface area contributed by atoms with Crippen LogP contribution in [0.4, 0.5) is 0 Å². The molecule has 0 bridgehead atoms. The van der Waals surface area contributed by atoms with Crippen LogP contribution in [0.15, 0.2) is 43.0 Å². The first kappa shape index (κ1) is 15.6. The normalized spacial score (nSPS) is 13.4. The van der Waals surface area contributed by atoms with Crippen molar-refractivity contribution in [3.63, 3.8) is 0 Å². The van der Waals surface area contributed by atoms with Gasteiger partial charge in [-0.3, -0.25) is 9.89 Å². The standard InChI is InChI=1S/C18H20N6O/c25-18(17-15-10-19-6-5-16(15)22-23-17)21-9-13-1-3-14(4-2-13)11-24-8-7-20-12-24/h1-4,7-8,12,19H,5-6,9-11H2,(H,21,25)(H,22,23). The zero-order valence-electron chi connectivity index (χ0n) is 13.8. The first-order chi connectivity index (χ1) is 12.3. The number of carbonyl (C=O) groups is 1. The average molecular weight is 336 g/mol. The molecule has 128 valence electrons. The molecule has 0 fully saturated rings. The molecular formula is C18H20N6O. The van der Waals surface area contributed by atoms with Gasteiger partial charge < -0.3 is 15.2 Å². The summed E-state index contributed by atoms with van der Waals surface area (Å²) >= 11 is 0. The highest BCUT2D eigenvalue weighted by Crippen LogP contribution is 2.15. The van der Waals surface area contributed by atoms with Crippen LogP contribution in [0, 0.1) is 0 Å². The third kappa shape index (κ3) is 3.46. The van der Waals surface area contributed by atoms with E-state index in [-0.39, 0.29) is 5.91 Å². The molecule has 0 saturated carbocycles. The Bertz CT molecular complexity index is 850. The first-order valence-corrected chi connectivity index (χ1v) is 8.38. The van der Waals surface area contributed by atoms with Crippen LogP contribution in [-0.4, -0.2) is 32.2 Å². The Labute approximate surface area is 145 Å². The van der Waals surface area contributed by atoms with E-state index in [0.29, 0.717) is 18.8 Å². The molecular weight excluding hydrogens is 316 g/mol. The molecule has 1 amide bonds. The molecule has 0 unspecified atom stereocenters. The molecule has 3 heterocycles. The third-order valence-corrected chi connectivity index (χ3v) is 4.42. The maximum atomic E-state index is 12.4. The summed E-state index contributed by atoms with van der Waals surface area (Å²) in [6, 6.07) is 8.21. The second kappa shape index (κ2) is 6.90. The highest BCUT2D eigenvalue weighted by atomic mass is 16.1. The van der Waals surface area contributed by atoms with Gasteiger partial charge in [-0.25, -0.2) is 4.98 Å². The molecule has 0 atom stereocenters. The number of aromatic nitrogens is 4. The summed E-state index contributed by atoms with van der Waals surface area (Å²) in [6.45, 7) is 2.89. The van der Waals surface area contributed by atoms with Crippen LogP contribution >= 0.6 is 0 Å². The van der Waals surface area contributed by atoms with Crippen molar-refractivity contribution in [1.82, 2.24) is 30.4 Å². The van der Waals surface area contributed by atoms with Crippen molar-refractivity contribution in [2.75, 3.05) is 6.54 Å². The number of benzene rings is 1. The number of nitrogens with zero attached hydrogens (tertiary/aromatic N) is 3. The van der Waals surface area contributed by atoms with Gasteiger partial charge in [-0.2, -0.15) is 5.10 Å². The summed E-state index contributed by atoms with van der Waals surface area (Å²) in [5, 5.41) is 13.4. The van der Waals surface area contributed by atoms with E-state index in [0.717, 1.165) is 36.3 Å². The number of hydrogen-bond acceptors (Lipinski definition) is 4. The van der Waals surface area contributed by atoms with Crippen LogP contribution in [0.25, 0.3) is 0 Å². The Hall–Kier alpha value is -2.93. The molecule has 3 N–H and O–H groups in total. The summed E-state index contributed by atoms with van der Waals surface area (Å²) in [7, 11) is 0. The van der Waals surface area contributed by atoms with E-state index >= 15 is 0 Å². The summed E-state index contributed by atoms with van der Waals surface area (Å²) in [6.07, 6.45) is 6.39. The topological polar surface area (TPSA) is 87.6 Å². The molecule has 7 heteroatoms. The second-order valence-electron chi connectivity index (χ2n) is 6.19. The molecule has 1 aliphatic rings. The van der Waals surface area contributed by atoms with Gasteiger partial charge in [-0.15, -0.1) is 0 Å². The molecule has 3 aromatic rings. The van der Waals surface area contributed by atoms with Crippen molar-refractivity contribution in [2.45, 2.75) is 26.1 Å². The minimum absolute atomic E-state index is 0.135. The van der Waals surface area contributed by atoms with Crippen molar-refractivity contribution in [2.24, 2.45) is 0 Å². The highest BCUT2D eigenvalue weighted by molar-refractivity contribution is 5.94. The van der Waals surface area contributed by atoms with Gasteiger partial charge in [0, 0.05) is 56.3 Å². The number of fused-ring (bicyclic) bond motifs is 1. The van der Waals surface area contributed by atoms with Gasteiger partial charge in [0.15, 0.2) is 5.69 Å². The van der Waals surface area contributed by atoms with Crippen molar-refractivity contribution in [3.05, 3.63) is 71.1 Å². The number of hydrogen-bond donors (Lipinski definition) is 3. The monoisotopic (exact) mass is 336 g/mol. The molecule has 1 aliphatic heterocycles. The van der Waals surface area contributed by atoms with Gasteiger partial charge in [0.1, 0.15) is 0 Å². The Kier molecular flexibility index (Phi) is 4.30. The zero-order valence-corrected chi connectivity index (χ0v) is 13.8. The summed E-state index contributed by atoms with van der Waals surface area (Å²) < 4.78 is 2.02. The van der Waals surface area contributed by atoms with Crippen LogP contribution in [-0.2, 0) is 26.1 Å². The average Bonchev–Trinajstić information content (AvgIpc) is 3.30. The Morgan fingerprint density at radius 1 is 1.24 bits per heavy atom. The number of aromatic amines is 1. The molecule has 0 saturated heterocycles.